The molecule has 0 aromatic heterocycles. The van der Waals surface area contributed by atoms with Crippen LogP contribution in [0.5, 0.6) is 5.75 Å². The summed E-state index contributed by atoms with van der Waals surface area (Å²) in [5.41, 5.74) is 2.26. The number of rotatable bonds is 2. The first-order valence-electron chi connectivity index (χ1n) is 7.35. The molecule has 2 aliphatic carbocycles. The van der Waals surface area contributed by atoms with Crippen LogP contribution in [0.15, 0.2) is 16.6 Å². The maximum absolute atomic E-state index is 10.8. The first-order chi connectivity index (χ1) is 9.22. The lowest BCUT2D eigenvalue weighted by Crippen LogP contribution is -2.19. The quantitative estimate of drug-likeness (QED) is 0.896. The molecule has 2 nitrogen and oxygen atoms in total. The molecule has 19 heavy (non-hydrogen) atoms. The van der Waals surface area contributed by atoms with Crippen molar-refractivity contribution < 1.29 is 9.84 Å². The second-order valence-corrected chi connectivity index (χ2v) is 7.28. The Morgan fingerprint density at radius 1 is 1.26 bits per heavy atom. The smallest absolute Gasteiger partial charge is 0.128 e. The first kappa shape index (κ1) is 12.2. The number of aliphatic hydroxyl groups is 1. The Morgan fingerprint density at radius 3 is 2.89 bits per heavy atom. The van der Waals surface area contributed by atoms with E-state index in [2.05, 4.69) is 28.1 Å². The van der Waals surface area contributed by atoms with Gasteiger partial charge in [-0.2, -0.15) is 0 Å². The molecule has 1 N–H and O–H groups in total. The molecule has 4 atom stereocenters. The molecule has 0 saturated heterocycles. The molecule has 2 bridgehead atoms. The van der Waals surface area contributed by atoms with Gasteiger partial charge in [0.25, 0.3) is 0 Å². The van der Waals surface area contributed by atoms with E-state index in [0.717, 1.165) is 40.6 Å². The van der Waals surface area contributed by atoms with Gasteiger partial charge in [-0.15, -0.1) is 0 Å². The van der Waals surface area contributed by atoms with Crippen LogP contribution < -0.4 is 4.74 Å². The topological polar surface area (TPSA) is 29.5 Å². The minimum atomic E-state index is -0.348. The van der Waals surface area contributed by atoms with Gasteiger partial charge >= 0.3 is 0 Å². The molecule has 3 aliphatic rings. The summed E-state index contributed by atoms with van der Waals surface area (Å²) in [6, 6.07) is 4.18. The molecule has 0 spiro atoms. The standard InChI is InChI=1S/C16H19BrO2/c17-12-7-11-3-4-19-16(11)14(8-12)15(18)13-6-9-1-2-10(13)5-9/h7-10,13,15,18H,1-6H2. The third kappa shape index (κ3) is 1.93. The minimum absolute atomic E-state index is 0.348. The molecule has 1 aromatic rings. The lowest BCUT2D eigenvalue weighted by atomic mass is 9.81. The van der Waals surface area contributed by atoms with Crippen LogP contribution in [0.2, 0.25) is 0 Å². The zero-order valence-corrected chi connectivity index (χ0v) is 12.5. The summed E-state index contributed by atoms with van der Waals surface area (Å²) in [5, 5.41) is 10.8. The molecule has 4 rings (SSSR count). The predicted molar refractivity (Wildman–Crippen MR) is 77.2 cm³/mol. The van der Waals surface area contributed by atoms with Crippen molar-refractivity contribution in [1.29, 1.82) is 0 Å². The number of aliphatic hydroxyl groups excluding tert-OH is 1. The van der Waals surface area contributed by atoms with Gasteiger partial charge < -0.3 is 9.84 Å². The molecule has 1 aromatic carbocycles. The van der Waals surface area contributed by atoms with Crippen molar-refractivity contribution in [1.82, 2.24) is 0 Å². The Morgan fingerprint density at radius 2 is 2.16 bits per heavy atom. The maximum atomic E-state index is 10.8. The molecule has 0 amide bonds. The normalized spacial score (nSPS) is 33.3. The Labute approximate surface area is 122 Å². The van der Waals surface area contributed by atoms with Crippen LogP contribution in [0.25, 0.3) is 0 Å². The Kier molecular flexibility index (Phi) is 2.89. The third-order valence-corrected chi connectivity index (χ3v) is 5.75. The Bertz CT molecular complexity index is 514. The van der Waals surface area contributed by atoms with Gasteiger partial charge in [0.15, 0.2) is 0 Å². The first-order valence-corrected chi connectivity index (χ1v) is 8.15. The van der Waals surface area contributed by atoms with Gasteiger partial charge in [0, 0.05) is 16.5 Å². The number of fused-ring (bicyclic) bond motifs is 3. The fraction of sp³-hybridized carbons (Fsp3) is 0.625. The van der Waals surface area contributed by atoms with Gasteiger partial charge in [-0.1, -0.05) is 22.4 Å². The van der Waals surface area contributed by atoms with Crippen LogP contribution in [0, 0.1) is 17.8 Å². The van der Waals surface area contributed by atoms with E-state index in [1.54, 1.807) is 0 Å². The van der Waals surface area contributed by atoms with Crippen LogP contribution in [-0.4, -0.2) is 11.7 Å². The zero-order chi connectivity index (χ0) is 13.0. The van der Waals surface area contributed by atoms with E-state index < -0.39 is 0 Å². The zero-order valence-electron chi connectivity index (χ0n) is 10.9. The van der Waals surface area contributed by atoms with Crippen molar-refractivity contribution in [2.75, 3.05) is 6.61 Å². The van der Waals surface area contributed by atoms with Gasteiger partial charge in [-0.25, -0.2) is 0 Å². The molecule has 4 unspecified atom stereocenters. The van der Waals surface area contributed by atoms with E-state index in [-0.39, 0.29) is 6.10 Å². The van der Waals surface area contributed by atoms with Gasteiger partial charge in [-0.05, 0) is 54.7 Å². The van der Waals surface area contributed by atoms with Crippen molar-refractivity contribution in [2.45, 2.75) is 38.2 Å². The highest BCUT2D eigenvalue weighted by molar-refractivity contribution is 9.10. The van der Waals surface area contributed by atoms with Gasteiger partial charge in [0.2, 0.25) is 0 Å². The van der Waals surface area contributed by atoms with Crippen molar-refractivity contribution >= 4 is 15.9 Å². The molecule has 2 fully saturated rings. The summed E-state index contributed by atoms with van der Waals surface area (Å²) in [6.45, 7) is 0.752. The fourth-order valence-corrected chi connectivity index (χ4v) is 4.95. The number of hydrogen-bond acceptors (Lipinski definition) is 2. The number of hydrogen-bond donors (Lipinski definition) is 1. The van der Waals surface area contributed by atoms with E-state index in [9.17, 15) is 5.11 Å². The summed E-state index contributed by atoms with van der Waals surface area (Å²) in [5.74, 6) is 3.00. The molecule has 3 heteroatoms. The molecule has 1 aliphatic heterocycles. The van der Waals surface area contributed by atoms with Crippen LogP contribution in [0.1, 0.15) is 42.9 Å². The summed E-state index contributed by atoms with van der Waals surface area (Å²) in [4.78, 5) is 0. The lowest BCUT2D eigenvalue weighted by molar-refractivity contribution is 0.0722. The average Bonchev–Trinajstić information content (AvgIpc) is 3.11. The molecule has 1 heterocycles. The highest BCUT2D eigenvalue weighted by atomic mass is 79.9. The van der Waals surface area contributed by atoms with E-state index in [1.807, 2.05) is 0 Å². The SMILES string of the molecule is OC(c1cc(Br)cc2c1OCC2)C1CC2CCC1C2. The lowest BCUT2D eigenvalue weighted by Gasteiger charge is -2.28. The van der Waals surface area contributed by atoms with Gasteiger partial charge in [0.1, 0.15) is 5.75 Å². The molecular weight excluding hydrogens is 304 g/mol. The number of ether oxygens (including phenoxy) is 1. The second-order valence-electron chi connectivity index (χ2n) is 6.37. The largest absolute Gasteiger partial charge is 0.493 e. The van der Waals surface area contributed by atoms with Crippen molar-refractivity contribution in [2.24, 2.45) is 17.8 Å². The summed E-state index contributed by atoms with van der Waals surface area (Å²) >= 11 is 3.57. The second kappa shape index (κ2) is 4.49. The van der Waals surface area contributed by atoms with E-state index in [0.29, 0.717) is 5.92 Å². The average molecular weight is 323 g/mol. The van der Waals surface area contributed by atoms with E-state index in [4.69, 9.17) is 4.74 Å². The summed E-state index contributed by atoms with van der Waals surface area (Å²) < 4.78 is 6.83. The van der Waals surface area contributed by atoms with Crippen LogP contribution in [0.3, 0.4) is 0 Å². The van der Waals surface area contributed by atoms with Gasteiger partial charge in [0.05, 0.1) is 12.7 Å². The van der Waals surface area contributed by atoms with E-state index >= 15 is 0 Å². The van der Waals surface area contributed by atoms with Crippen LogP contribution in [-0.2, 0) is 6.42 Å². The molecular formula is C16H19BrO2. The number of benzene rings is 1. The Hall–Kier alpha value is -0.540. The van der Waals surface area contributed by atoms with Crippen molar-refractivity contribution in [3.8, 4) is 5.75 Å². The van der Waals surface area contributed by atoms with Gasteiger partial charge in [-0.3, -0.25) is 0 Å². The molecule has 2 saturated carbocycles. The van der Waals surface area contributed by atoms with Crippen molar-refractivity contribution in [3.05, 3.63) is 27.7 Å². The molecule has 0 radical (unpaired) electrons. The van der Waals surface area contributed by atoms with E-state index in [1.165, 1.54) is 31.2 Å². The number of halogens is 1. The summed E-state index contributed by atoms with van der Waals surface area (Å²) in [7, 11) is 0. The minimum Gasteiger partial charge on any atom is -0.493 e. The van der Waals surface area contributed by atoms with Crippen LogP contribution in [0.4, 0.5) is 0 Å². The van der Waals surface area contributed by atoms with Crippen LogP contribution >= 0.6 is 15.9 Å². The highest BCUT2D eigenvalue weighted by Crippen LogP contribution is 2.54. The summed E-state index contributed by atoms with van der Waals surface area (Å²) in [6.07, 6.45) is 5.83. The molecule has 102 valence electrons. The Balaban J connectivity index is 1.69. The fourth-order valence-electron chi connectivity index (χ4n) is 4.43. The maximum Gasteiger partial charge on any atom is 0.128 e. The van der Waals surface area contributed by atoms with Crippen molar-refractivity contribution in [3.63, 3.8) is 0 Å². The predicted octanol–water partition coefficient (Wildman–Crippen LogP) is 3.85. The third-order valence-electron chi connectivity index (χ3n) is 5.29. The monoisotopic (exact) mass is 322 g/mol. The highest BCUT2D eigenvalue weighted by Gasteiger charge is 2.44.